The summed E-state index contributed by atoms with van der Waals surface area (Å²) in [6, 6.07) is 157. The van der Waals surface area contributed by atoms with Crippen LogP contribution < -0.4 is 26.2 Å². The summed E-state index contributed by atoms with van der Waals surface area (Å²) >= 11 is 0. The number of rotatable bonds is 20. The van der Waals surface area contributed by atoms with Crippen molar-refractivity contribution in [3.63, 3.8) is 0 Å². The summed E-state index contributed by atoms with van der Waals surface area (Å²) in [7, 11) is 0. The predicted molar refractivity (Wildman–Crippen MR) is 535 cm³/mol. The molecule has 0 saturated carbocycles. The van der Waals surface area contributed by atoms with Crippen LogP contribution in [0, 0.1) is 0 Å². The van der Waals surface area contributed by atoms with Crippen LogP contribution in [0.4, 0.5) is 34.1 Å². The van der Waals surface area contributed by atoms with Crippen molar-refractivity contribution in [3.8, 4) is 129 Å². The molecule has 12 nitrogen and oxygen atoms in total. The highest BCUT2D eigenvalue weighted by atomic mass is 16.5. The van der Waals surface area contributed by atoms with Crippen molar-refractivity contribution in [2.24, 2.45) is 0 Å². The maximum atomic E-state index is 15.2. The topological polar surface area (TPSA) is 128 Å². The average molecular weight is 1700 g/mol. The zero-order valence-electron chi connectivity index (χ0n) is 71.5. The molecule has 132 heavy (non-hydrogen) atoms. The first-order valence-corrected chi connectivity index (χ1v) is 44.3. The van der Waals surface area contributed by atoms with Gasteiger partial charge in [0.05, 0.1) is 39.2 Å². The summed E-state index contributed by atoms with van der Waals surface area (Å²) in [6.45, 7) is -0.494. The molecule has 0 fully saturated rings. The Morgan fingerprint density at radius 1 is 0.242 bits per heavy atom. The highest BCUT2D eigenvalue weighted by Crippen LogP contribution is 2.51. The van der Waals surface area contributed by atoms with Gasteiger partial charge in [-0.15, -0.1) is 0 Å². The predicted octanol–water partition coefficient (Wildman–Crippen LogP) is 26.9. The largest absolute Gasteiger partial charge is 0.457 e. The molecule has 23 rings (SSSR count). The Bertz CT molecular complexity index is 7490. The fourth-order valence-electron chi connectivity index (χ4n) is 18.7. The van der Waals surface area contributed by atoms with Gasteiger partial charge in [-0.2, -0.15) is 0 Å². The van der Waals surface area contributed by atoms with E-state index in [-0.39, 0.29) is 13.2 Å². The maximum Gasteiger partial charge on any atom is 0.338 e. The number of hydrogen-bond acceptors (Lipinski definition) is 11. The summed E-state index contributed by atoms with van der Waals surface area (Å²) in [5.74, 6) is 1.07. The van der Waals surface area contributed by atoms with Gasteiger partial charge in [-0.25, -0.2) is 34.5 Å². The molecule has 0 bridgehead atoms. The van der Waals surface area contributed by atoms with E-state index >= 15 is 9.59 Å². The molecule has 0 saturated heterocycles. The molecular formula is C119H79BN8O4. The van der Waals surface area contributed by atoms with Gasteiger partial charge in [0, 0.05) is 78.3 Å². The highest BCUT2D eigenvalue weighted by molar-refractivity contribution is 7.00. The summed E-state index contributed by atoms with van der Waals surface area (Å²) in [5.41, 5.74) is 29.6. The number of anilines is 6. The molecule has 2 aliphatic heterocycles. The summed E-state index contributed by atoms with van der Waals surface area (Å²) < 4.78 is 15.0. The first kappa shape index (κ1) is 79.1. The Morgan fingerprint density at radius 2 is 0.591 bits per heavy atom. The summed E-state index contributed by atoms with van der Waals surface area (Å²) in [5, 5.41) is 2.01. The first-order valence-electron chi connectivity index (χ1n) is 44.3. The SMILES string of the molecule is O=C(OCc1ccccc1)c1ccc2c(c1)B1c3cc(C(=O)OCc4ccccc4)ccc3N(c3cc(-c4ccccc4)cc(-c4ccccc4)c3)c3cc(-c4ccc5c(c4)c4ccccc4n5-c4ccc(-c5nc(-c6ccccc6)cc(-c6ccccc6)n5)cc4-c4nc(-c5ccccc5)nc(-c5ccccc5)n4)cc(c31)N2c1cc(-c2ccccc2)cc(-c2ccccc2)c1. The Labute approximate surface area is 764 Å². The minimum absolute atomic E-state index is 0.0699. The number of carbonyl (C=O) groups is 2. The standard InChI is InChI=1S/C119H79BN8O4/c129-118(131-76-78-33-11-1-12-34-78)90-57-61-109-102(71-90)120-103-72-91(119(130)132-77-79-35-13-2-14-36-79)58-62-110(103)127(98-67-94(82-41-19-5-20-42-82)64-95(68-98)83-43-21-6-22-44-83)112-74-96(73-111(113(112)120)126(109)97-65-92(80-37-15-3-16-38-80)63-93(66-97)81-39-17-4-18-40-81)88-55-59-107-100(69-88)99-53-31-32-54-106(99)128(107)108-60-56-89(116-121-104(84-45-23-7-24-46-84)75-105(122-116)85-47-25-8-26-48-85)70-101(108)117-124-114(86-49-27-9-28-50-86)123-115(125-117)87-51-29-10-30-52-87/h1-75H,76-77H2. The van der Waals surface area contributed by atoms with Gasteiger partial charge in [0.15, 0.2) is 23.3 Å². The molecule has 0 spiro atoms. The fourth-order valence-corrected chi connectivity index (χ4v) is 18.7. The van der Waals surface area contributed by atoms with Crippen molar-refractivity contribution in [2.45, 2.75) is 13.2 Å². The Morgan fingerprint density at radius 3 is 1.02 bits per heavy atom. The van der Waals surface area contributed by atoms with Crippen LogP contribution in [0.3, 0.4) is 0 Å². The highest BCUT2D eigenvalue weighted by Gasteiger charge is 2.45. The van der Waals surface area contributed by atoms with Gasteiger partial charge < -0.3 is 23.8 Å². The smallest absolute Gasteiger partial charge is 0.338 e. The van der Waals surface area contributed by atoms with Gasteiger partial charge in [0.2, 0.25) is 0 Å². The number of aromatic nitrogens is 6. The fraction of sp³-hybridized carbons (Fsp3) is 0.0168. The van der Waals surface area contributed by atoms with Crippen LogP contribution in [0.5, 0.6) is 0 Å². The minimum atomic E-state index is -0.634. The number of esters is 2. The second kappa shape index (κ2) is 34.3. The molecule has 0 N–H and O–H groups in total. The molecule has 5 heterocycles. The molecule has 3 aromatic heterocycles. The molecule has 0 amide bonds. The molecule has 21 aromatic rings. The van der Waals surface area contributed by atoms with Gasteiger partial charge in [-0.3, -0.25) is 0 Å². The third-order valence-corrected chi connectivity index (χ3v) is 25.1. The van der Waals surface area contributed by atoms with E-state index in [1.54, 1.807) is 0 Å². The van der Waals surface area contributed by atoms with Crippen LogP contribution in [0.1, 0.15) is 31.8 Å². The van der Waals surface area contributed by atoms with E-state index in [1.807, 2.05) is 182 Å². The number of fused-ring (bicyclic) bond motifs is 7. The third kappa shape index (κ3) is 15.2. The lowest BCUT2D eigenvalue weighted by molar-refractivity contribution is 0.0464. The number of nitrogens with zero attached hydrogens (tertiary/aromatic N) is 8. The van der Waals surface area contributed by atoms with Crippen molar-refractivity contribution in [2.75, 3.05) is 9.80 Å². The van der Waals surface area contributed by atoms with E-state index in [0.29, 0.717) is 34.4 Å². The zero-order valence-corrected chi connectivity index (χ0v) is 71.5. The lowest BCUT2D eigenvalue weighted by Crippen LogP contribution is -2.61. The van der Waals surface area contributed by atoms with Crippen LogP contribution in [0.25, 0.3) is 151 Å². The van der Waals surface area contributed by atoms with E-state index in [4.69, 9.17) is 34.4 Å². The number of carbonyl (C=O) groups excluding carboxylic acids is 2. The van der Waals surface area contributed by atoms with Crippen molar-refractivity contribution in [3.05, 3.63) is 477 Å². The van der Waals surface area contributed by atoms with Crippen molar-refractivity contribution in [1.29, 1.82) is 0 Å². The zero-order chi connectivity index (χ0) is 88.0. The normalized spacial score (nSPS) is 11.9. The summed E-state index contributed by atoms with van der Waals surface area (Å²) in [4.78, 5) is 62.3. The van der Waals surface area contributed by atoms with Crippen LogP contribution in [0.15, 0.2) is 455 Å². The quantitative estimate of drug-likeness (QED) is 0.0534. The van der Waals surface area contributed by atoms with Crippen LogP contribution in [0.2, 0.25) is 0 Å². The van der Waals surface area contributed by atoms with Gasteiger partial charge >= 0.3 is 11.9 Å². The Balaban J connectivity index is 0.787. The van der Waals surface area contributed by atoms with Gasteiger partial charge in [0.25, 0.3) is 6.71 Å². The second-order valence-corrected chi connectivity index (χ2v) is 33.3. The second-order valence-electron chi connectivity index (χ2n) is 33.3. The maximum absolute atomic E-state index is 15.2. The average Bonchev–Trinajstić information content (AvgIpc) is 0.953. The van der Waals surface area contributed by atoms with E-state index < -0.39 is 18.7 Å². The van der Waals surface area contributed by atoms with E-state index in [1.165, 1.54) is 0 Å². The molecule has 0 atom stereocenters. The number of hydrogen-bond donors (Lipinski definition) is 0. The lowest BCUT2D eigenvalue weighted by Gasteiger charge is -2.45. The molecule has 0 radical (unpaired) electrons. The number of para-hydroxylation sites is 1. The molecule has 2 aliphatic rings. The first-order chi connectivity index (χ1) is 65.2. The van der Waals surface area contributed by atoms with Crippen LogP contribution in [-0.2, 0) is 22.7 Å². The van der Waals surface area contributed by atoms with Crippen LogP contribution in [-0.4, -0.2) is 48.1 Å². The van der Waals surface area contributed by atoms with Gasteiger partial charge in [0.1, 0.15) is 13.2 Å². The Hall–Kier alpha value is -17.5. The van der Waals surface area contributed by atoms with E-state index in [9.17, 15) is 0 Å². The molecule has 0 unspecified atom stereocenters. The molecule has 0 aliphatic carbocycles. The number of benzene rings is 18. The van der Waals surface area contributed by atoms with Crippen molar-refractivity contribution >= 4 is 91.0 Å². The molecule has 18 aromatic carbocycles. The summed E-state index contributed by atoms with van der Waals surface area (Å²) in [6.07, 6.45) is 0. The van der Waals surface area contributed by atoms with E-state index in [0.717, 1.165) is 190 Å². The molecular weight excluding hydrogens is 1620 g/mol. The van der Waals surface area contributed by atoms with Crippen LogP contribution >= 0.6 is 0 Å². The number of ether oxygens (including phenoxy) is 2. The molecule has 13 heteroatoms. The Kier molecular flexibility index (Phi) is 20.6. The third-order valence-electron chi connectivity index (χ3n) is 25.1. The van der Waals surface area contributed by atoms with Crippen molar-refractivity contribution < 1.29 is 19.1 Å². The van der Waals surface area contributed by atoms with Gasteiger partial charge in [-0.05, 0) is 198 Å². The monoisotopic (exact) mass is 1690 g/mol. The van der Waals surface area contributed by atoms with Gasteiger partial charge in [-0.1, -0.05) is 340 Å². The minimum Gasteiger partial charge on any atom is -0.457 e. The molecule has 622 valence electrons. The lowest BCUT2D eigenvalue weighted by atomic mass is 9.33. The van der Waals surface area contributed by atoms with Crippen molar-refractivity contribution in [1.82, 2.24) is 29.5 Å². The van der Waals surface area contributed by atoms with E-state index in [2.05, 4.69) is 287 Å².